The molecule has 0 radical (unpaired) electrons. The van der Waals surface area contributed by atoms with Crippen molar-refractivity contribution in [1.82, 2.24) is 4.90 Å². The standard InChI is InChI=1S/C22H21NO4/c1-3-4-5-6-16(25)26-15-8-7-12-9-13-19-21(23(13)2)10-14(24)20-22(19,11-21)17(12)18(15)27-20/h3-8,13,19-20H,9-11H2,1-2H3/b4-3+,6-5+/t13-,19-,20+,21?,22-/m1/s1. The van der Waals surface area contributed by atoms with Gasteiger partial charge in [0.1, 0.15) is 0 Å². The number of ether oxygens (including phenoxy) is 2. The predicted molar refractivity (Wildman–Crippen MR) is 97.8 cm³/mol. The van der Waals surface area contributed by atoms with Gasteiger partial charge in [-0.25, -0.2) is 4.79 Å². The van der Waals surface area contributed by atoms with Gasteiger partial charge in [-0.2, -0.15) is 0 Å². The van der Waals surface area contributed by atoms with Gasteiger partial charge >= 0.3 is 5.97 Å². The summed E-state index contributed by atoms with van der Waals surface area (Å²) < 4.78 is 11.8. The van der Waals surface area contributed by atoms with Crippen LogP contribution >= 0.6 is 0 Å². The number of fused-ring (bicyclic) bond motifs is 1. The number of likely N-dealkylation sites (N-methyl/N-ethyl adjacent to an activating group) is 1. The molecule has 1 unspecified atom stereocenters. The molecule has 1 aromatic rings. The molecule has 138 valence electrons. The highest BCUT2D eigenvalue weighted by molar-refractivity contribution is 5.94. The van der Waals surface area contributed by atoms with E-state index in [1.165, 1.54) is 11.6 Å². The van der Waals surface area contributed by atoms with Crippen LogP contribution in [-0.2, 0) is 21.4 Å². The zero-order valence-electron chi connectivity index (χ0n) is 15.4. The van der Waals surface area contributed by atoms with E-state index in [9.17, 15) is 9.59 Å². The third-order valence-corrected chi connectivity index (χ3v) is 7.64. The van der Waals surface area contributed by atoms with Crippen molar-refractivity contribution in [3.63, 3.8) is 0 Å². The van der Waals surface area contributed by atoms with E-state index >= 15 is 0 Å². The Balaban J connectivity index is 1.44. The number of carbonyl (C=O) groups excluding carboxylic acids is 2. The van der Waals surface area contributed by atoms with Crippen molar-refractivity contribution in [2.75, 3.05) is 7.05 Å². The van der Waals surface area contributed by atoms with Crippen molar-refractivity contribution in [2.24, 2.45) is 5.92 Å². The van der Waals surface area contributed by atoms with Crippen LogP contribution in [0.5, 0.6) is 11.5 Å². The van der Waals surface area contributed by atoms with Crippen molar-refractivity contribution in [3.8, 4) is 11.5 Å². The highest BCUT2D eigenvalue weighted by atomic mass is 16.6. The summed E-state index contributed by atoms with van der Waals surface area (Å²) in [5, 5.41) is 0. The largest absolute Gasteiger partial charge is 0.477 e. The van der Waals surface area contributed by atoms with Crippen LogP contribution in [0.2, 0.25) is 0 Å². The molecule has 1 saturated heterocycles. The summed E-state index contributed by atoms with van der Waals surface area (Å²) in [6.07, 6.45) is 8.79. The first-order chi connectivity index (χ1) is 13.0. The van der Waals surface area contributed by atoms with Crippen molar-refractivity contribution in [2.45, 2.75) is 49.3 Å². The number of benzene rings is 1. The summed E-state index contributed by atoms with van der Waals surface area (Å²) in [6.45, 7) is 1.88. The van der Waals surface area contributed by atoms with E-state index in [2.05, 4.69) is 18.0 Å². The average Bonchev–Trinajstić information content (AvgIpc) is 3.00. The number of nitrogens with zero attached hydrogens (tertiary/aromatic N) is 1. The quantitative estimate of drug-likeness (QED) is 0.357. The van der Waals surface area contributed by atoms with Crippen LogP contribution in [0.4, 0.5) is 0 Å². The van der Waals surface area contributed by atoms with E-state index in [1.807, 2.05) is 19.1 Å². The summed E-state index contributed by atoms with van der Waals surface area (Å²) in [4.78, 5) is 27.4. The van der Waals surface area contributed by atoms with Crippen LogP contribution in [0.1, 0.15) is 30.9 Å². The molecule has 3 saturated carbocycles. The lowest BCUT2D eigenvalue weighted by Gasteiger charge is -2.81. The molecule has 5 atom stereocenters. The van der Waals surface area contributed by atoms with Crippen molar-refractivity contribution < 1.29 is 19.1 Å². The van der Waals surface area contributed by atoms with E-state index in [1.54, 1.807) is 12.2 Å². The summed E-state index contributed by atoms with van der Waals surface area (Å²) in [6, 6.07) is 4.37. The van der Waals surface area contributed by atoms with Gasteiger partial charge in [-0.3, -0.25) is 9.69 Å². The number of carbonyl (C=O) groups is 2. The molecular formula is C22H21NO4. The minimum Gasteiger partial charge on any atom is -0.477 e. The maximum absolute atomic E-state index is 12.9. The molecule has 2 heterocycles. The van der Waals surface area contributed by atoms with Gasteiger partial charge < -0.3 is 9.47 Å². The van der Waals surface area contributed by atoms with Crippen LogP contribution in [0.15, 0.2) is 36.4 Å². The van der Waals surface area contributed by atoms with E-state index in [0.29, 0.717) is 29.9 Å². The van der Waals surface area contributed by atoms with E-state index in [-0.39, 0.29) is 16.7 Å². The molecule has 0 aromatic heterocycles. The lowest BCUT2D eigenvalue weighted by molar-refractivity contribution is -0.278. The van der Waals surface area contributed by atoms with Crippen LogP contribution in [0, 0.1) is 5.92 Å². The second-order valence-electron chi connectivity index (χ2n) is 8.55. The van der Waals surface area contributed by atoms with Crippen LogP contribution in [0.25, 0.3) is 0 Å². The van der Waals surface area contributed by atoms with Crippen LogP contribution < -0.4 is 9.47 Å². The number of allylic oxidation sites excluding steroid dienone is 3. The van der Waals surface area contributed by atoms with Crippen LogP contribution in [-0.4, -0.2) is 41.4 Å². The molecular weight excluding hydrogens is 342 g/mol. The summed E-state index contributed by atoms with van der Waals surface area (Å²) in [5.74, 6) is 1.31. The predicted octanol–water partition coefficient (Wildman–Crippen LogP) is 2.32. The first kappa shape index (κ1) is 15.6. The number of ketones is 1. The number of rotatable bonds is 3. The first-order valence-electron chi connectivity index (χ1n) is 9.63. The lowest BCUT2D eigenvalue weighted by Crippen LogP contribution is -2.91. The van der Waals surface area contributed by atoms with Gasteiger partial charge in [0.25, 0.3) is 0 Å². The number of esters is 1. The van der Waals surface area contributed by atoms with E-state index < -0.39 is 12.1 Å². The minimum atomic E-state index is -0.438. The van der Waals surface area contributed by atoms with Crippen molar-refractivity contribution in [3.05, 3.63) is 47.6 Å². The van der Waals surface area contributed by atoms with Gasteiger partial charge in [0.05, 0.1) is 5.41 Å². The molecule has 5 nitrogen and oxygen atoms in total. The number of hydrogen-bond acceptors (Lipinski definition) is 5. The Morgan fingerprint density at radius 1 is 1.37 bits per heavy atom. The lowest BCUT2D eigenvalue weighted by atomic mass is 9.31. The Labute approximate surface area is 157 Å². The van der Waals surface area contributed by atoms with Gasteiger partial charge in [-0.05, 0) is 38.4 Å². The fourth-order valence-electron chi connectivity index (χ4n) is 6.84. The molecule has 6 aliphatic rings. The smallest absolute Gasteiger partial charge is 0.336 e. The highest BCUT2D eigenvalue weighted by Crippen LogP contribution is 2.78. The maximum atomic E-state index is 12.9. The molecule has 4 fully saturated rings. The minimum absolute atomic E-state index is 0.0445. The third-order valence-electron chi connectivity index (χ3n) is 7.64. The Morgan fingerprint density at radius 3 is 3.04 bits per heavy atom. The third kappa shape index (κ3) is 1.54. The Kier molecular flexibility index (Phi) is 2.73. The van der Waals surface area contributed by atoms with Gasteiger partial charge in [0, 0.05) is 35.6 Å². The zero-order valence-corrected chi connectivity index (χ0v) is 15.4. The number of hydrogen-bond donors (Lipinski definition) is 0. The molecule has 4 aliphatic carbocycles. The fraction of sp³-hybridized carbons (Fsp3) is 0.455. The van der Waals surface area contributed by atoms with Gasteiger partial charge in [0.15, 0.2) is 23.4 Å². The van der Waals surface area contributed by atoms with E-state index in [0.717, 1.165) is 18.4 Å². The zero-order chi connectivity index (χ0) is 18.6. The second-order valence-corrected chi connectivity index (χ2v) is 8.55. The summed E-state index contributed by atoms with van der Waals surface area (Å²) in [7, 11) is 2.16. The van der Waals surface area contributed by atoms with Crippen molar-refractivity contribution in [1.29, 1.82) is 0 Å². The van der Waals surface area contributed by atoms with Gasteiger partial charge in [-0.15, -0.1) is 0 Å². The molecule has 0 amide bonds. The number of Topliss-reactive ketones (excluding diaryl/α,β-unsaturated/α-hetero) is 1. The Bertz CT molecular complexity index is 979. The molecule has 2 bridgehead atoms. The number of piperidine rings is 1. The fourth-order valence-corrected chi connectivity index (χ4v) is 6.84. The molecule has 2 aliphatic heterocycles. The van der Waals surface area contributed by atoms with E-state index in [4.69, 9.17) is 9.47 Å². The van der Waals surface area contributed by atoms with Gasteiger partial charge in [-0.1, -0.05) is 24.3 Å². The number of likely N-dealkylation sites (tertiary alicyclic amines) is 1. The maximum Gasteiger partial charge on any atom is 0.336 e. The average molecular weight is 363 g/mol. The highest BCUT2D eigenvalue weighted by Gasteiger charge is 2.85. The molecule has 1 aromatic carbocycles. The topological polar surface area (TPSA) is 55.8 Å². The van der Waals surface area contributed by atoms with Gasteiger partial charge in [0.2, 0.25) is 0 Å². The summed E-state index contributed by atoms with van der Waals surface area (Å²) >= 11 is 0. The summed E-state index contributed by atoms with van der Waals surface area (Å²) in [5.41, 5.74) is 2.24. The normalized spacial score (nSPS) is 39.8. The first-order valence-corrected chi connectivity index (χ1v) is 9.63. The molecule has 2 spiro atoms. The molecule has 27 heavy (non-hydrogen) atoms. The van der Waals surface area contributed by atoms with Crippen molar-refractivity contribution >= 4 is 11.8 Å². The molecule has 0 N–H and O–H groups in total. The molecule has 7 rings (SSSR count). The second kappa shape index (κ2) is 4.71. The SMILES string of the molecule is C/C=C/C=C/C(=O)Oc1ccc2c3c1O[C@H]1C(=O)CC45C[C@]31[C@@H]4[C@@H](C2)N5C. The van der Waals surface area contributed by atoms with Crippen LogP contribution in [0.3, 0.4) is 0 Å². The monoisotopic (exact) mass is 363 g/mol. The Hall–Kier alpha value is -2.40. The Morgan fingerprint density at radius 2 is 2.22 bits per heavy atom. The molecule has 5 heteroatoms.